The summed E-state index contributed by atoms with van der Waals surface area (Å²) in [7, 11) is 0. The second-order valence-corrected chi connectivity index (χ2v) is 6.66. The summed E-state index contributed by atoms with van der Waals surface area (Å²) in [6.45, 7) is 6.10. The number of hydrogen-bond donors (Lipinski definition) is 1. The van der Waals surface area contributed by atoms with Crippen LogP contribution in [0.5, 0.6) is 0 Å². The van der Waals surface area contributed by atoms with Crippen molar-refractivity contribution in [3.63, 3.8) is 0 Å². The molecular weight excluding hydrogens is 312 g/mol. The predicted molar refractivity (Wildman–Crippen MR) is 86.5 cm³/mol. The lowest BCUT2D eigenvalue weighted by Gasteiger charge is -2.30. The Kier molecular flexibility index (Phi) is 5.23. The van der Waals surface area contributed by atoms with Crippen LogP contribution in [0.1, 0.15) is 41.5 Å². The standard InChI is InChI=1S/C17H22N2O5/c1-17(2,3)13(10-24-16(18)22)23-9-8-19-14(20)11-6-4-5-7-12(11)15(19)21/h4-7,13H,8-10H2,1-3H3,(H2,18,22). The van der Waals surface area contributed by atoms with Gasteiger partial charge in [-0.2, -0.15) is 0 Å². The fraction of sp³-hybridized carbons (Fsp3) is 0.471. The van der Waals surface area contributed by atoms with Gasteiger partial charge < -0.3 is 15.2 Å². The molecule has 0 fully saturated rings. The number of nitrogens with two attached hydrogens (primary N) is 1. The molecule has 7 heteroatoms. The predicted octanol–water partition coefficient (Wildman–Crippen LogP) is 1.81. The number of hydrogen-bond acceptors (Lipinski definition) is 5. The van der Waals surface area contributed by atoms with Gasteiger partial charge in [-0.25, -0.2) is 4.79 Å². The zero-order valence-corrected chi connectivity index (χ0v) is 14.1. The normalized spacial score (nSPS) is 15.4. The summed E-state index contributed by atoms with van der Waals surface area (Å²) in [6.07, 6.45) is -1.27. The Morgan fingerprint density at radius 2 is 1.71 bits per heavy atom. The highest BCUT2D eigenvalue weighted by molar-refractivity contribution is 6.21. The molecule has 0 saturated heterocycles. The average molecular weight is 334 g/mol. The van der Waals surface area contributed by atoms with Gasteiger partial charge in [0.25, 0.3) is 11.8 Å². The maximum absolute atomic E-state index is 12.3. The maximum Gasteiger partial charge on any atom is 0.404 e. The topological polar surface area (TPSA) is 98.9 Å². The SMILES string of the molecule is CC(C)(C)C(COC(N)=O)OCCN1C(=O)c2ccccc2C1=O. The van der Waals surface area contributed by atoms with E-state index in [-0.39, 0.29) is 37.0 Å². The van der Waals surface area contributed by atoms with Crippen LogP contribution in [-0.2, 0) is 9.47 Å². The second-order valence-electron chi connectivity index (χ2n) is 6.66. The molecule has 2 N–H and O–H groups in total. The molecule has 1 aromatic rings. The summed E-state index contributed by atoms with van der Waals surface area (Å²) in [4.78, 5) is 36.5. The summed E-state index contributed by atoms with van der Waals surface area (Å²) in [6, 6.07) is 6.71. The van der Waals surface area contributed by atoms with Gasteiger partial charge in [0, 0.05) is 0 Å². The van der Waals surface area contributed by atoms with Crippen LogP contribution in [0.25, 0.3) is 0 Å². The number of fused-ring (bicyclic) bond motifs is 1. The lowest BCUT2D eigenvalue weighted by Crippen LogP contribution is -2.39. The van der Waals surface area contributed by atoms with Crippen molar-refractivity contribution < 1.29 is 23.9 Å². The molecule has 0 bridgehead atoms. The zero-order valence-electron chi connectivity index (χ0n) is 14.1. The number of primary amides is 1. The van der Waals surface area contributed by atoms with Crippen molar-refractivity contribution in [3.05, 3.63) is 35.4 Å². The number of nitrogens with zero attached hydrogens (tertiary/aromatic N) is 1. The Morgan fingerprint density at radius 1 is 1.17 bits per heavy atom. The molecule has 1 atom stereocenters. The van der Waals surface area contributed by atoms with Crippen molar-refractivity contribution in [2.75, 3.05) is 19.8 Å². The van der Waals surface area contributed by atoms with Crippen LogP contribution in [0.15, 0.2) is 24.3 Å². The van der Waals surface area contributed by atoms with Crippen molar-refractivity contribution in [1.82, 2.24) is 4.90 Å². The van der Waals surface area contributed by atoms with Gasteiger partial charge in [-0.1, -0.05) is 32.9 Å². The number of rotatable bonds is 6. The van der Waals surface area contributed by atoms with Crippen LogP contribution in [0.4, 0.5) is 4.79 Å². The van der Waals surface area contributed by atoms with Crippen molar-refractivity contribution >= 4 is 17.9 Å². The van der Waals surface area contributed by atoms with E-state index in [1.807, 2.05) is 20.8 Å². The van der Waals surface area contributed by atoms with Crippen molar-refractivity contribution in [3.8, 4) is 0 Å². The first-order valence-corrected chi connectivity index (χ1v) is 7.71. The molecule has 0 radical (unpaired) electrons. The van der Waals surface area contributed by atoms with E-state index in [0.29, 0.717) is 11.1 Å². The quantitative estimate of drug-likeness (QED) is 0.800. The fourth-order valence-corrected chi connectivity index (χ4v) is 2.43. The molecule has 1 unspecified atom stereocenters. The molecule has 24 heavy (non-hydrogen) atoms. The van der Waals surface area contributed by atoms with Gasteiger partial charge in [-0.05, 0) is 17.5 Å². The van der Waals surface area contributed by atoms with Crippen molar-refractivity contribution in [1.29, 1.82) is 0 Å². The molecule has 3 amide bonds. The summed E-state index contributed by atoms with van der Waals surface area (Å²) < 4.78 is 10.5. The fourth-order valence-electron chi connectivity index (χ4n) is 2.43. The Balaban J connectivity index is 1.94. The molecule has 1 aromatic carbocycles. The smallest absolute Gasteiger partial charge is 0.404 e. The van der Waals surface area contributed by atoms with Gasteiger partial charge in [0.15, 0.2) is 0 Å². The molecule has 0 spiro atoms. The van der Waals surface area contributed by atoms with Gasteiger partial charge in [0.2, 0.25) is 0 Å². The highest BCUT2D eigenvalue weighted by Crippen LogP contribution is 2.24. The van der Waals surface area contributed by atoms with Gasteiger partial charge in [0.05, 0.1) is 30.4 Å². The van der Waals surface area contributed by atoms with Crippen LogP contribution < -0.4 is 5.73 Å². The molecule has 1 aliphatic heterocycles. The second kappa shape index (κ2) is 7.00. The third kappa shape index (κ3) is 3.91. The summed E-state index contributed by atoms with van der Waals surface area (Å²) in [5, 5.41) is 0. The minimum absolute atomic E-state index is 0.0148. The first-order chi connectivity index (χ1) is 11.2. The lowest BCUT2D eigenvalue weighted by atomic mass is 9.89. The van der Waals surface area contributed by atoms with Crippen LogP contribution in [-0.4, -0.2) is 48.7 Å². The molecule has 2 rings (SSSR count). The third-order valence-corrected chi connectivity index (χ3v) is 3.86. The van der Waals surface area contributed by atoms with Crippen LogP contribution in [0, 0.1) is 5.41 Å². The molecule has 130 valence electrons. The number of ether oxygens (including phenoxy) is 2. The Bertz CT molecular complexity index is 616. The molecule has 1 heterocycles. The first-order valence-electron chi connectivity index (χ1n) is 7.71. The molecule has 0 aliphatic carbocycles. The number of amides is 3. The summed E-state index contributed by atoms with van der Waals surface area (Å²) in [5.74, 6) is -0.639. The van der Waals surface area contributed by atoms with Gasteiger partial charge in [-0.15, -0.1) is 0 Å². The number of carbonyl (C=O) groups excluding carboxylic acids is 3. The zero-order chi connectivity index (χ0) is 17.9. The number of benzene rings is 1. The number of imide groups is 1. The molecule has 0 aromatic heterocycles. The van der Waals surface area contributed by atoms with Crippen molar-refractivity contribution in [2.24, 2.45) is 11.1 Å². The maximum atomic E-state index is 12.3. The highest BCUT2D eigenvalue weighted by atomic mass is 16.6. The van der Waals surface area contributed by atoms with Crippen LogP contribution >= 0.6 is 0 Å². The van der Waals surface area contributed by atoms with Gasteiger partial charge in [-0.3, -0.25) is 14.5 Å². The van der Waals surface area contributed by atoms with Crippen LogP contribution in [0.2, 0.25) is 0 Å². The monoisotopic (exact) mass is 334 g/mol. The van der Waals surface area contributed by atoms with E-state index in [2.05, 4.69) is 0 Å². The average Bonchev–Trinajstić information content (AvgIpc) is 2.74. The van der Waals surface area contributed by atoms with Gasteiger partial charge in [0.1, 0.15) is 6.61 Å². The third-order valence-electron chi connectivity index (χ3n) is 3.86. The van der Waals surface area contributed by atoms with E-state index in [9.17, 15) is 14.4 Å². The first kappa shape index (κ1) is 17.9. The van der Waals surface area contributed by atoms with E-state index < -0.39 is 12.2 Å². The minimum atomic E-state index is -0.867. The lowest BCUT2D eigenvalue weighted by molar-refractivity contribution is -0.0540. The summed E-state index contributed by atoms with van der Waals surface area (Å²) in [5.41, 5.74) is 5.51. The molecule has 7 nitrogen and oxygen atoms in total. The van der Waals surface area contributed by atoms with Crippen molar-refractivity contribution in [2.45, 2.75) is 26.9 Å². The van der Waals surface area contributed by atoms with E-state index in [1.165, 1.54) is 4.90 Å². The Labute approximate surface area is 140 Å². The summed E-state index contributed by atoms with van der Waals surface area (Å²) >= 11 is 0. The minimum Gasteiger partial charge on any atom is -0.447 e. The molecule has 1 aliphatic rings. The van der Waals surface area contributed by atoms with E-state index in [4.69, 9.17) is 15.2 Å². The van der Waals surface area contributed by atoms with E-state index >= 15 is 0 Å². The Hall–Kier alpha value is -2.41. The molecule has 0 saturated carbocycles. The van der Waals surface area contributed by atoms with Crippen LogP contribution in [0.3, 0.4) is 0 Å². The number of carbonyl (C=O) groups is 3. The Morgan fingerprint density at radius 3 is 2.17 bits per heavy atom. The van der Waals surface area contributed by atoms with E-state index in [0.717, 1.165) is 0 Å². The molecular formula is C17H22N2O5. The van der Waals surface area contributed by atoms with Gasteiger partial charge >= 0.3 is 6.09 Å². The van der Waals surface area contributed by atoms with E-state index in [1.54, 1.807) is 24.3 Å². The largest absolute Gasteiger partial charge is 0.447 e. The highest BCUT2D eigenvalue weighted by Gasteiger charge is 2.35.